The van der Waals surface area contributed by atoms with E-state index in [1.807, 2.05) is 13.8 Å². The number of aliphatic hydroxyl groups is 1. The van der Waals surface area contributed by atoms with Crippen molar-refractivity contribution in [3.8, 4) is 0 Å². The van der Waals surface area contributed by atoms with Crippen LogP contribution in [0.4, 0.5) is 0 Å². The summed E-state index contributed by atoms with van der Waals surface area (Å²) in [6.45, 7) is 4.03. The largest absolute Gasteiger partial charge is 0.475 e. The van der Waals surface area contributed by atoms with E-state index in [1.54, 1.807) is 0 Å². The molecule has 1 saturated heterocycles. The van der Waals surface area contributed by atoms with Gasteiger partial charge < -0.3 is 24.3 Å². The number of ether oxygens (including phenoxy) is 1. The number of nitrogens with zero attached hydrogens (tertiary/aromatic N) is 1. The van der Waals surface area contributed by atoms with Crippen LogP contribution in [-0.4, -0.2) is 58.4 Å². The molecular weight excluding hydrogens is 266 g/mol. The molecule has 0 aliphatic carbocycles. The van der Waals surface area contributed by atoms with Crippen molar-refractivity contribution in [2.45, 2.75) is 25.6 Å². The Labute approximate surface area is 115 Å². The van der Waals surface area contributed by atoms with Gasteiger partial charge in [0, 0.05) is 13.1 Å². The van der Waals surface area contributed by atoms with E-state index in [-0.39, 0.29) is 24.7 Å². The second-order valence-corrected chi connectivity index (χ2v) is 5.34. The monoisotopic (exact) mass is 283 g/mol. The lowest BCUT2D eigenvalue weighted by atomic mass is 10.1. The molecule has 1 atom stereocenters. The van der Waals surface area contributed by atoms with Crippen LogP contribution in [0.5, 0.6) is 0 Å². The van der Waals surface area contributed by atoms with Gasteiger partial charge in [-0.3, -0.25) is 4.79 Å². The molecule has 2 rings (SSSR count). The molecule has 1 aromatic heterocycles. The third-order valence-corrected chi connectivity index (χ3v) is 3.00. The third-order valence-electron chi connectivity index (χ3n) is 3.00. The molecule has 20 heavy (non-hydrogen) atoms. The molecule has 1 aliphatic rings. The quantitative estimate of drug-likeness (QED) is 0.842. The van der Waals surface area contributed by atoms with E-state index in [4.69, 9.17) is 14.3 Å². The SMILES string of the molecule is CC1(C)CN(C(=O)c2ccc(C(=O)O)o2)CC(CO)O1. The van der Waals surface area contributed by atoms with E-state index < -0.39 is 23.6 Å². The van der Waals surface area contributed by atoms with Gasteiger partial charge in [0.05, 0.1) is 18.3 Å². The summed E-state index contributed by atoms with van der Waals surface area (Å²) in [5.74, 6) is -1.94. The number of amides is 1. The molecular formula is C13H17NO6. The van der Waals surface area contributed by atoms with Gasteiger partial charge in [-0.05, 0) is 26.0 Å². The van der Waals surface area contributed by atoms with E-state index in [0.717, 1.165) is 0 Å². The Hall–Kier alpha value is -1.86. The minimum absolute atomic E-state index is 0.0308. The van der Waals surface area contributed by atoms with Gasteiger partial charge in [0.2, 0.25) is 5.76 Å². The molecule has 1 aliphatic heterocycles. The third kappa shape index (κ3) is 3.00. The first-order valence-corrected chi connectivity index (χ1v) is 6.23. The molecule has 0 aromatic carbocycles. The van der Waals surface area contributed by atoms with Gasteiger partial charge in [-0.15, -0.1) is 0 Å². The molecule has 7 nitrogen and oxygen atoms in total. The Morgan fingerprint density at radius 2 is 2.05 bits per heavy atom. The summed E-state index contributed by atoms with van der Waals surface area (Å²) in [5, 5.41) is 18.0. The van der Waals surface area contributed by atoms with Crippen LogP contribution in [-0.2, 0) is 4.74 Å². The summed E-state index contributed by atoms with van der Waals surface area (Å²) in [6, 6.07) is 2.58. The fourth-order valence-corrected chi connectivity index (χ4v) is 2.27. The molecule has 1 unspecified atom stereocenters. The van der Waals surface area contributed by atoms with Gasteiger partial charge in [-0.1, -0.05) is 0 Å². The Balaban J connectivity index is 2.16. The summed E-state index contributed by atoms with van der Waals surface area (Å²) in [6.07, 6.45) is -0.461. The Bertz CT molecular complexity index is 521. The molecule has 2 heterocycles. The van der Waals surface area contributed by atoms with Crippen LogP contribution in [0.1, 0.15) is 35.0 Å². The van der Waals surface area contributed by atoms with Crippen LogP contribution in [0.2, 0.25) is 0 Å². The van der Waals surface area contributed by atoms with Crippen molar-refractivity contribution in [2.75, 3.05) is 19.7 Å². The zero-order valence-electron chi connectivity index (χ0n) is 11.3. The van der Waals surface area contributed by atoms with E-state index >= 15 is 0 Å². The number of morpholine rings is 1. The molecule has 1 amide bonds. The average molecular weight is 283 g/mol. The van der Waals surface area contributed by atoms with E-state index in [0.29, 0.717) is 6.54 Å². The minimum Gasteiger partial charge on any atom is -0.475 e. The average Bonchev–Trinajstić information content (AvgIpc) is 2.85. The van der Waals surface area contributed by atoms with Crippen LogP contribution in [0.25, 0.3) is 0 Å². The van der Waals surface area contributed by atoms with Crippen LogP contribution in [0.15, 0.2) is 16.5 Å². The lowest BCUT2D eigenvalue weighted by Crippen LogP contribution is -2.55. The Morgan fingerprint density at radius 3 is 2.60 bits per heavy atom. The highest BCUT2D eigenvalue weighted by Gasteiger charge is 2.36. The van der Waals surface area contributed by atoms with Crippen molar-refractivity contribution < 1.29 is 29.0 Å². The van der Waals surface area contributed by atoms with Gasteiger partial charge in [-0.2, -0.15) is 0 Å². The number of furan rings is 1. The maximum atomic E-state index is 12.3. The number of carboxylic acid groups (broad SMARTS) is 1. The number of aliphatic hydroxyl groups excluding tert-OH is 1. The summed E-state index contributed by atoms with van der Waals surface area (Å²) in [5.41, 5.74) is -0.580. The molecule has 0 radical (unpaired) electrons. The van der Waals surface area contributed by atoms with Crippen LogP contribution < -0.4 is 0 Å². The molecule has 1 aromatic rings. The van der Waals surface area contributed by atoms with Gasteiger partial charge >= 0.3 is 5.97 Å². The normalized spacial score (nSPS) is 21.8. The standard InChI is InChI=1S/C13H17NO6/c1-13(2)7-14(5-8(6-15)20-13)11(16)9-3-4-10(19-9)12(17)18/h3-4,8,15H,5-7H2,1-2H3,(H,17,18). The van der Waals surface area contributed by atoms with Gasteiger partial charge in [0.25, 0.3) is 5.91 Å². The number of carbonyl (C=O) groups is 2. The van der Waals surface area contributed by atoms with E-state index in [9.17, 15) is 14.7 Å². The molecule has 0 saturated carbocycles. The first kappa shape index (κ1) is 14.5. The first-order valence-electron chi connectivity index (χ1n) is 6.23. The first-order chi connectivity index (χ1) is 9.32. The minimum atomic E-state index is -1.22. The summed E-state index contributed by atoms with van der Waals surface area (Å²) in [7, 11) is 0. The maximum Gasteiger partial charge on any atom is 0.371 e. The number of hydrogen-bond acceptors (Lipinski definition) is 5. The molecule has 0 spiro atoms. The maximum absolute atomic E-state index is 12.3. The zero-order valence-corrected chi connectivity index (χ0v) is 11.3. The fourth-order valence-electron chi connectivity index (χ4n) is 2.27. The van der Waals surface area contributed by atoms with Crippen molar-refractivity contribution >= 4 is 11.9 Å². The lowest BCUT2D eigenvalue weighted by Gasteiger charge is -2.41. The smallest absolute Gasteiger partial charge is 0.371 e. The van der Waals surface area contributed by atoms with Gasteiger partial charge in [0.1, 0.15) is 0 Å². The van der Waals surface area contributed by atoms with Crippen molar-refractivity contribution in [3.63, 3.8) is 0 Å². The van der Waals surface area contributed by atoms with E-state index in [2.05, 4.69) is 0 Å². The topological polar surface area (TPSA) is 100 Å². The lowest BCUT2D eigenvalue weighted by molar-refractivity contribution is -0.139. The zero-order chi connectivity index (χ0) is 14.9. The number of hydrogen-bond donors (Lipinski definition) is 2. The number of rotatable bonds is 3. The van der Waals surface area contributed by atoms with Crippen molar-refractivity contribution in [1.82, 2.24) is 4.90 Å². The number of carbonyl (C=O) groups excluding carboxylic acids is 1. The van der Waals surface area contributed by atoms with Crippen molar-refractivity contribution in [3.05, 3.63) is 23.7 Å². The number of carboxylic acids is 1. The highest BCUT2D eigenvalue weighted by molar-refractivity contribution is 5.93. The van der Waals surface area contributed by atoms with Crippen molar-refractivity contribution in [2.24, 2.45) is 0 Å². The summed E-state index contributed by atoms with van der Waals surface area (Å²) < 4.78 is 10.6. The second kappa shape index (κ2) is 5.26. The summed E-state index contributed by atoms with van der Waals surface area (Å²) >= 11 is 0. The number of aromatic carboxylic acids is 1. The summed E-state index contributed by atoms with van der Waals surface area (Å²) in [4.78, 5) is 24.5. The Morgan fingerprint density at radius 1 is 1.40 bits per heavy atom. The molecule has 1 fully saturated rings. The van der Waals surface area contributed by atoms with Crippen LogP contribution >= 0.6 is 0 Å². The van der Waals surface area contributed by atoms with Crippen LogP contribution in [0.3, 0.4) is 0 Å². The van der Waals surface area contributed by atoms with Gasteiger partial charge in [-0.25, -0.2) is 4.79 Å². The predicted octanol–water partition coefficient (Wildman–Crippen LogP) is 0.590. The highest BCUT2D eigenvalue weighted by Crippen LogP contribution is 2.23. The predicted molar refractivity (Wildman–Crippen MR) is 67.6 cm³/mol. The molecule has 0 bridgehead atoms. The van der Waals surface area contributed by atoms with Crippen molar-refractivity contribution in [1.29, 1.82) is 0 Å². The van der Waals surface area contributed by atoms with Gasteiger partial charge in [0.15, 0.2) is 5.76 Å². The highest BCUT2D eigenvalue weighted by atomic mass is 16.5. The van der Waals surface area contributed by atoms with E-state index in [1.165, 1.54) is 17.0 Å². The molecule has 110 valence electrons. The fraction of sp³-hybridized carbons (Fsp3) is 0.538. The molecule has 7 heteroatoms. The molecule has 2 N–H and O–H groups in total. The Kier molecular flexibility index (Phi) is 3.82. The second-order valence-electron chi connectivity index (χ2n) is 5.34. The van der Waals surface area contributed by atoms with Crippen LogP contribution in [0, 0.1) is 0 Å².